The molecule has 2 aromatic carbocycles. The first-order valence-corrected chi connectivity index (χ1v) is 8.41. The van der Waals surface area contributed by atoms with E-state index in [0.717, 1.165) is 22.3 Å². The van der Waals surface area contributed by atoms with Gasteiger partial charge in [-0.2, -0.15) is 0 Å². The second kappa shape index (κ2) is 6.27. The van der Waals surface area contributed by atoms with E-state index in [2.05, 4.69) is 52.8 Å². The highest BCUT2D eigenvalue weighted by Gasteiger charge is 2.52. The fraction of sp³-hybridized carbons (Fsp3) is 0.400. The first-order chi connectivity index (χ1) is 11.3. The summed E-state index contributed by atoms with van der Waals surface area (Å²) < 4.78 is 18.5. The molecule has 0 spiro atoms. The Kier molecular flexibility index (Phi) is 4.45. The van der Waals surface area contributed by atoms with Crippen LogP contribution in [0.1, 0.15) is 38.8 Å². The molecule has 1 aliphatic rings. The zero-order valence-electron chi connectivity index (χ0n) is 15.1. The van der Waals surface area contributed by atoms with Gasteiger partial charge >= 0.3 is 7.12 Å². The molecule has 0 aliphatic carbocycles. The van der Waals surface area contributed by atoms with Crippen molar-refractivity contribution in [2.24, 2.45) is 0 Å². The molecule has 0 amide bonds. The minimum atomic E-state index is -0.415. The van der Waals surface area contributed by atoms with Crippen LogP contribution >= 0.6 is 0 Å². The van der Waals surface area contributed by atoms with E-state index < -0.39 is 7.12 Å². The first-order valence-electron chi connectivity index (χ1n) is 8.41. The highest BCUT2D eigenvalue weighted by molar-refractivity contribution is 6.63. The topological polar surface area (TPSA) is 27.7 Å². The van der Waals surface area contributed by atoms with E-state index in [1.807, 2.05) is 30.3 Å². The average molecular weight is 324 g/mol. The van der Waals surface area contributed by atoms with Crippen LogP contribution in [-0.4, -0.2) is 18.3 Å². The van der Waals surface area contributed by atoms with Crippen LogP contribution in [0.4, 0.5) is 0 Å². The van der Waals surface area contributed by atoms with Crippen molar-refractivity contribution in [1.29, 1.82) is 0 Å². The molecule has 0 radical (unpaired) electrons. The van der Waals surface area contributed by atoms with Gasteiger partial charge in [0.1, 0.15) is 12.4 Å². The molecule has 3 rings (SSSR count). The van der Waals surface area contributed by atoms with Crippen molar-refractivity contribution in [2.45, 2.75) is 52.4 Å². The summed E-state index contributed by atoms with van der Waals surface area (Å²) in [7, 11) is -0.415. The van der Waals surface area contributed by atoms with Crippen LogP contribution in [0.15, 0.2) is 48.5 Å². The van der Waals surface area contributed by atoms with Gasteiger partial charge in [-0.05, 0) is 51.8 Å². The molecule has 4 heteroatoms. The lowest BCUT2D eigenvalue weighted by Gasteiger charge is -2.32. The molecule has 3 nitrogen and oxygen atoms in total. The quantitative estimate of drug-likeness (QED) is 0.799. The number of rotatable bonds is 4. The zero-order valence-corrected chi connectivity index (χ0v) is 15.1. The van der Waals surface area contributed by atoms with Gasteiger partial charge in [-0.15, -0.1) is 0 Å². The van der Waals surface area contributed by atoms with E-state index in [1.54, 1.807) is 0 Å². The van der Waals surface area contributed by atoms with Crippen molar-refractivity contribution in [3.63, 3.8) is 0 Å². The Morgan fingerprint density at radius 1 is 0.917 bits per heavy atom. The molecule has 24 heavy (non-hydrogen) atoms. The Bertz CT molecular complexity index is 694. The fourth-order valence-corrected chi connectivity index (χ4v) is 2.67. The number of hydrogen-bond donors (Lipinski definition) is 0. The predicted molar refractivity (Wildman–Crippen MR) is 97.7 cm³/mol. The minimum Gasteiger partial charge on any atom is -0.489 e. The zero-order chi connectivity index (χ0) is 17.4. The van der Waals surface area contributed by atoms with Crippen molar-refractivity contribution in [2.75, 3.05) is 0 Å². The van der Waals surface area contributed by atoms with E-state index >= 15 is 0 Å². The molecule has 0 unspecified atom stereocenters. The lowest BCUT2D eigenvalue weighted by Crippen LogP contribution is -2.41. The molecule has 0 N–H and O–H groups in total. The highest BCUT2D eigenvalue weighted by atomic mass is 16.7. The molecule has 0 saturated carbocycles. The average Bonchev–Trinajstić information content (AvgIpc) is 2.74. The van der Waals surface area contributed by atoms with E-state index in [9.17, 15) is 0 Å². The maximum Gasteiger partial charge on any atom is 0.498 e. The third kappa shape index (κ3) is 3.35. The Morgan fingerprint density at radius 3 is 2.17 bits per heavy atom. The molecule has 0 aromatic heterocycles. The highest BCUT2D eigenvalue weighted by Crippen LogP contribution is 2.37. The molecule has 0 atom stereocenters. The van der Waals surface area contributed by atoms with Crippen LogP contribution in [-0.2, 0) is 15.9 Å². The fourth-order valence-electron chi connectivity index (χ4n) is 2.67. The van der Waals surface area contributed by atoms with E-state index in [4.69, 9.17) is 14.0 Å². The van der Waals surface area contributed by atoms with Crippen LogP contribution in [0, 0.1) is 6.92 Å². The smallest absolute Gasteiger partial charge is 0.489 e. The Labute approximate surface area is 145 Å². The van der Waals surface area contributed by atoms with Gasteiger partial charge in [-0.25, -0.2) is 0 Å². The first kappa shape index (κ1) is 17.1. The molecule has 1 fully saturated rings. The van der Waals surface area contributed by atoms with Crippen molar-refractivity contribution in [3.05, 3.63) is 59.7 Å². The predicted octanol–water partition coefficient (Wildman–Crippen LogP) is 3.87. The van der Waals surface area contributed by atoms with Gasteiger partial charge in [0.25, 0.3) is 0 Å². The summed E-state index contributed by atoms with van der Waals surface area (Å²) in [6.45, 7) is 10.8. The summed E-state index contributed by atoms with van der Waals surface area (Å²) in [5.74, 6) is 0.817. The molecular formula is C20H25BO3. The summed E-state index contributed by atoms with van der Waals surface area (Å²) in [5.41, 5.74) is 2.51. The SMILES string of the molecule is Cc1ccc(B2OC(C)(C)C(C)(C)O2)c(OCc2ccccc2)c1. The van der Waals surface area contributed by atoms with Crippen LogP contribution < -0.4 is 10.2 Å². The van der Waals surface area contributed by atoms with Gasteiger partial charge in [0.2, 0.25) is 0 Å². The summed E-state index contributed by atoms with van der Waals surface area (Å²) >= 11 is 0. The maximum atomic E-state index is 6.18. The minimum absolute atomic E-state index is 0.362. The van der Waals surface area contributed by atoms with Crippen molar-refractivity contribution in [3.8, 4) is 5.75 Å². The van der Waals surface area contributed by atoms with Crippen molar-refractivity contribution < 1.29 is 14.0 Å². The summed E-state index contributed by atoms with van der Waals surface area (Å²) in [5, 5.41) is 0. The van der Waals surface area contributed by atoms with E-state index in [-0.39, 0.29) is 11.2 Å². The van der Waals surface area contributed by atoms with Gasteiger partial charge in [0, 0.05) is 5.46 Å². The second-order valence-electron chi connectivity index (χ2n) is 7.40. The molecule has 1 saturated heterocycles. The van der Waals surface area contributed by atoms with Gasteiger partial charge in [-0.1, -0.05) is 42.5 Å². The molecule has 1 heterocycles. The Morgan fingerprint density at radius 2 is 1.54 bits per heavy atom. The van der Waals surface area contributed by atoms with Crippen LogP contribution in [0.3, 0.4) is 0 Å². The van der Waals surface area contributed by atoms with Gasteiger partial charge in [-0.3, -0.25) is 0 Å². The number of hydrogen-bond acceptors (Lipinski definition) is 3. The number of benzene rings is 2. The third-order valence-corrected chi connectivity index (χ3v) is 4.91. The second-order valence-corrected chi connectivity index (χ2v) is 7.40. The monoisotopic (exact) mass is 324 g/mol. The number of aryl methyl sites for hydroxylation is 1. The lowest BCUT2D eigenvalue weighted by molar-refractivity contribution is 0.00578. The number of ether oxygens (including phenoxy) is 1. The Hall–Kier alpha value is -1.78. The van der Waals surface area contributed by atoms with Gasteiger partial charge in [0.05, 0.1) is 11.2 Å². The van der Waals surface area contributed by atoms with Crippen LogP contribution in [0.25, 0.3) is 0 Å². The van der Waals surface area contributed by atoms with Gasteiger partial charge < -0.3 is 14.0 Å². The summed E-state index contributed by atoms with van der Waals surface area (Å²) in [6.07, 6.45) is 0. The van der Waals surface area contributed by atoms with Gasteiger partial charge in [0.15, 0.2) is 0 Å². The summed E-state index contributed by atoms with van der Waals surface area (Å²) in [6, 6.07) is 16.3. The van der Waals surface area contributed by atoms with E-state index in [0.29, 0.717) is 6.61 Å². The summed E-state index contributed by atoms with van der Waals surface area (Å²) in [4.78, 5) is 0. The van der Waals surface area contributed by atoms with E-state index in [1.165, 1.54) is 0 Å². The Balaban J connectivity index is 1.84. The van der Waals surface area contributed by atoms with Crippen molar-refractivity contribution in [1.82, 2.24) is 0 Å². The van der Waals surface area contributed by atoms with Crippen LogP contribution in [0.5, 0.6) is 5.75 Å². The molecule has 0 bridgehead atoms. The molecular weight excluding hydrogens is 299 g/mol. The lowest BCUT2D eigenvalue weighted by atomic mass is 9.78. The molecule has 126 valence electrons. The largest absolute Gasteiger partial charge is 0.498 e. The third-order valence-electron chi connectivity index (χ3n) is 4.91. The standard InChI is InChI=1S/C20H25BO3/c1-15-11-12-17(21-23-19(2,3)20(4,5)24-21)18(13-15)22-14-16-9-7-6-8-10-16/h6-13H,14H2,1-5H3. The molecule has 2 aromatic rings. The maximum absolute atomic E-state index is 6.18. The van der Waals surface area contributed by atoms with Crippen LogP contribution in [0.2, 0.25) is 0 Å². The molecule has 1 aliphatic heterocycles. The van der Waals surface area contributed by atoms with Crippen molar-refractivity contribution >= 4 is 12.6 Å². The normalized spacial score (nSPS) is 18.6.